The SMILES string of the molecule is Cc1ccc(OCc2nc(C(=O)O)c3ccccn23)cc1. The fraction of sp³-hybridized carbons (Fsp3) is 0.125. The van der Waals surface area contributed by atoms with Crippen LogP contribution in [0.5, 0.6) is 5.75 Å². The van der Waals surface area contributed by atoms with Gasteiger partial charge in [-0.15, -0.1) is 0 Å². The predicted octanol–water partition coefficient (Wildman–Crippen LogP) is 2.92. The number of carboxylic acid groups (broad SMARTS) is 1. The van der Waals surface area contributed by atoms with Crippen LogP contribution in [0.25, 0.3) is 5.52 Å². The maximum atomic E-state index is 11.2. The Hall–Kier alpha value is -2.82. The lowest BCUT2D eigenvalue weighted by Crippen LogP contribution is -2.01. The first-order valence-electron chi connectivity index (χ1n) is 6.54. The van der Waals surface area contributed by atoms with Crippen LogP contribution in [0.1, 0.15) is 21.9 Å². The number of aromatic carboxylic acids is 1. The summed E-state index contributed by atoms with van der Waals surface area (Å²) in [6, 6.07) is 13.0. The molecule has 0 radical (unpaired) electrons. The number of hydrogen-bond donors (Lipinski definition) is 1. The van der Waals surface area contributed by atoms with Gasteiger partial charge in [-0.3, -0.25) is 4.40 Å². The summed E-state index contributed by atoms with van der Waals surface area (Å²) in [4.78, 5) is 15.4. The molecule has 0 aliphatic carbocycles. The van der Waals surface area contributed by atoms with Crippen molar-refractivity contribution < 1.29 is 14.6 Å². The Morgan fingerprint density at radius 2 is 2.00 bits per heavy atom. The van der Waals surface area contributed by atoms with E-state index in [1.165, 1.54) is 0 Å². The Morgan fingerprint density at radius 3 is 2.71 bits per heavy atom. The number of rotatable bonds is 4. The van der Waals surface area contributed by atoms with Crippen molar-refractivity contribution in [3.8, 4) is 5.75 Å². The van der Waals surface area contributed by atoms with Crippen LogP contribution in [-0.4, -0.2) is 20.5 Å². The number of fused-ring (bicyclic) bond motifs is 1. The van der Waals surface area contributed by atoms with Crippen LogP contribution < -0.4 is 4.74 Å². The highest BCUT2D eigenvalue weighted by Crippen LogP contribution is 2.17. The number of carboxylic acids is 1. The van der Waals surface area contributed by atoms with Gasteiger partial charge in [0.05, 0.1) is 5.52 Å². The Labute approximate surface area is 121 Å². The Morgan fingerprint density at radius 1 is 1.24 bits per heavy atom. The molecule has 0 atom stereocenters. The van der Waals surface area contributed by atoms with Gasteiger partial charge >= 0.3 is 5.97 Å². The lowest BCUT2D eigenvalue weighted by atomic mass is 10.2. The standard InChI is InChI=1S/C16H14N2O3/c1-11-5-7-12(8-6-11)21-10-14-17-15(16(19)20)13-4-2-3-9-18(13)14/h2-9H,10H2,1H3,(H,19,20). The largest absolute Gasteiger partial charge is 0.486 e. The van der Waals surface area contributed by atoms with Crippen LogP contribution >= 0.6 is 0 Å². The van der Waals surface area contributed by atoms with Crippen molar-refractivity contribution in [3.05, 3.63) is 65.7 Å². The number of aryl methyl sites for hydroxylation is 1. The molecule has 3 aromatic rings. The number of nitrogens with zero attached hydrogens (tertiary/aromatic N) is 2. The van der Waals surface area contributed by atoms with Gasteiger partial charge in [-0.1, -0.05) is 23.8 Å². The molecule has 1 N–H and O–H groups in total. The van der Waals surface area contributed by atoms with Gasteiger partial charge in [0.2, 0.25) is 0 Å². The average molecular weight is 282 g/mol. The van der Waals surface area contributed by atoms with Crippen LogP contribution in [-0.2, 0) is 6.61 Å². The Bertz CT molecular complexity index is 791. The highest BCUT2D eigenvalue weighted by Gasteiger charge is 2.16. The van der Waals surface area contributed by atoms with E-state index in [0.29, 0.717) is 11.3 Å². The molecule has 0 fully saturated rings. The molecule has 0 bridgehead atoms. The van der Waals surface area contributed by atoms with E-state index in [4.69, 9.17) is 4.74 Å². The first-order valence-corrected chi connectivity index (χ1v) is 6.54. The maximum Gasteiger partial charge on any atom is 0.356 e. The highest BCUT2D eigenvalue weighted by atomic mass is 16.5. The Balaban J connectivity index is 1.90. The molecular weight excluding hydrogens is 268 g/mol. The number of hydrogen-bond acceptors (Lipinski definition) is 3. The lowest BCUT2D eigenvalue weighted by molar-refractivity contribution is 0.0693. The van der Waals surface area contributed by atoms with Crippen LogP contribution in [0.3, 0.4) is 0 Å². The zero-order valence-electron chi connectivity index (χ0n) is 11.5. The van der Waals surface area contributed by atoms with Gasteiger partial charge in [-0.2, -0.15) is 0 Å². The number of carbonyl (C=O) groups is 1. The summed E-state index contributed by atoms with van der Waals surface area (Å²) in [7, 11) is 0. The van der Waals surface area contributed by atoms with Crippen LogP contribution in [0.15, 0.2) is 48.7 Å². The van der Waals surface area contributed by atoms with E-state index in [1.807, 2.05) is 37.3 Å². The van der Waals surface area contributed by atoms with Gasteiger partial charge in [-0.05, 0) is 31.2 Å². The van der Waals surface area contributed by atoms with Gasteiger partial charge in [0.25, 0.3) is 0 Å². The second-order valence-corrected chi connectivity index (χ2v) is 4.74. The molecule has 21 heavy (non-hydrogen) atoms. The molecule has 3 rings (SSSR count). The topological polar surface area (TPSA) is 63.8 Å². The van der Waals surface area contributed by atoms with Crippen molar-refractivity contribution in [2.24, 2.45) is 0 Å². The molecule has 0 saturated carbocycles. The Kier molecular flexibility index (Phi) is 3.31. The minimum Gasteiger partial charge on any atom is -0.486 e. The molecule has 0 spiro atoms. The summed E-state index contributed by atoms with van der Waals surface area (Å²) in [6.45, 7) is 2.21. The third kappa shape index (κ3) is 2.58. The molecule has 2 aromatic heterocycles. The zero-order chi connectivity index (χ0) is 14.8. The normalized spacial score (nSPS) is 10.7. The predicted molar refractivity (Wildman–Crippen MR) is 77.7 cm³/mol. The molecule has 0 amide bonds. The molecule has 106 valence electrons. The van der Waals surface area contributed by atoms with Crippen molar-refractivity contribution in [1.29, 1.82) is 0 Å². The van der Waals surface area contributed by atoms with Crippen molar-refractivity contribution in [2.45, 2.75) is 13.5 Å². The lowest BCUT2D eigenvalue weighted by Gasteiger charge is -2.05. The van der Waals surface area contributed by atoms with Crippen LogP contribution in [0.4, 0.5) is 0 Å². The molecule has 1 aromatic carbocycles. The van der Waals surface area contributed by atoms with Gasteiger partial charge < -0.3 is 9.84 Å². The number of ether oxygens (including phenoxy) is 1. The summed E-state index contributed by atoms with van der Waals surface area (Å²) in [6.07, 6.45) is 1.78. The number of aromatic nitrogens is 2. The van der Waals surface area contributed by atoms with E-state index in [0.717, 1.165) is 11.3 Å². The van der Waals surface area contributed by atoms with Gasteiger partial charge in [-0.25, -0.2) is 9.78 Å². The maximum absolute atomic E-state index is 11.2. The fourth-order valence-electron chi connectivity index (χ4n) is 2.14. The number of pyridine rings is 1. The van der Waals surface area contributed by atoms with Crippen LogP contribution in [0.2, 0.25) is 0 Å². The van der Waals surface area contributed by atoms with E-state index in [2.05, 4.69) is 4.98 Å². The third-order valence-electron chi connectivity index (χ3n) is 3.21. The van der Waals surface area contributed by atoms with Crippen molar-refractivity contribution >= 4 is 11.5 Å². The summed E-state index contributed by atoms with van der Waals surface area (Å²) in [5.41, 5.74) is 1.76. The summed E-state index contributed by atoms with van der Waals surface area (Å²) < 4.78 is 7.41. The summed E-state index contributed by atoms with van der Waals surface area (Å²) in [5.74, 6) is 0.244. The van der Waals surface area contributed by atoms with Crippen molar-refractivity contribution in [3.63, 3.8) is 0 Å². The van der Waals surface area contributed by atoms with Gasteiger partial charge in [0.15, 0.2) is 11.5 Å². The minimum atomic E-state index is -1.04. The van der Waals surface area contributed by atoms with Gasteiger partial charge in [0.1, 0.15) is 12.4 Å². The number of imidazole rings is 1. The van der Waals surface area contributed by atoms with Crippen molar-refractivity contribution in [1.82, 2.24) is 9.38 Å². The molecule has 0 aliphatic rings. The molecule has 0 unspecified atom stereocenters. The first-order chi connectivity index (χ1) is 10.1. The first kappa shape index (κ1) is 13.2. The zero-order valence-corrected chi connectivity index (χ0v) is 11.5. The molecule has 5 nitrogen and oxygen atoms in total. The van der Waals surface area contributed by atoms with Gasteiger partial charge in [0, 0.05) is 6.20 Å². The second-order valence-electron chi connectivity index (χ2n) is 4.74. The molecule has 0 aliphatic heterocycles. The van der Waals surface area contributed by atoms with E-state index in [9.17, 15) is 9.90 Å². The monoisotopic (exact) mass is 282 g/mol. The average Bonchev–Trinajstić information content (AvgIpc) is 2.86. The van der Waals surface area contributed by atoms with E-state index >= 15 is 0 Å². The number of benzene rings is 1. The van der Waals surface area contributed by atoms with E-state index in [1.54, 1.807) is 22.7 Å². The molecular formula is C16H14N2O3. The van der Waals surface area contributed by atoms with E-state index in [-0.39, 0.29) is 12.3 Å². The molecule has 0 saturated heterocycles. The second kappa shape index (κ2) is 5.28. The van der Waals surface area contributed by atoms with Crippen molar-refractivity contribution in [2.75, 3.05) is 0 Å². The smallest absolute Gasteiger partial charge is 0.356 e. The molecule has 5 heteroatoms. The molecule has 2 heterocycles. The van der Waals surface area contributed by atoms with E-state index < -0.39 is 5.97 Å². The third-order valence-corrected chi connectivity index (χ3v) is 3.21. The summed E-state index contributed by atoms with van der Waals surface area (Å²) >= 11 is 0. The quantitative estimate of drug-likeness (QED) is 0.799. The minimum absolute atomic E-state index is 0.0399. The van der Waals surface area contributed by atoms with Crippen LogP contribution in [0, 0.1) is 6.92 Å². The summed E-state index contributed by atoms with van der Waals surface area (Å²) in [5, 5.41) is 9.20. The fourth-order valence-corrected chi connectivity index (χ4v) is 2.14. The highest BCUT2D eigenvalue weighted by molar-refractivity contribution is 5.93.